The predicted octanol–water partition coefficient (Wildman–Crippen LogP) is -0.602. The van der Waals surface area contributed by atoms with Gasteiger partial charge in [0.1, 0.15) is 6.54 Å². The molecule has 0 saturated carbocycles. The molecule has 0 heterocycles. The van der Waals surface area contributed by atoms with E-state index in [1.807, 2.05) is 0 Å². The highest BCUT2D eigenvalue weighted by Gasteiger charge is 2.17. The van der Waals surface area contributed by atoms with E-state index in [1.165, 1.54) is 23.8 Å². The molecule has 0 saturated heterocycles. The zero-order valence-electron chi connectivity index (χ0n) is 9.19. The summed E-state index contributed by atoms with van der Waals surface area (Å²) in [6, 6.07) is 0. The summed E-state index contributed by atoms with van der Waals surface area (Å²) in [5.41, 5.74) is 0. The molecule has 0 aliphatic heterocycles. The van der Waals surface area contributed by atoms with E-state index in [0.717, 1.165) is 0 Å². The molecule has 6 nitrogen and oxygen atoms in total. The molecule has 2 amide bonds. The SMILES string of the molecule is CCN(CC(=O)O)C(=O)CN(C)C(C)=O. The van der Waals surface area contributed by atoms with Crippen LogP contribution in [-0.4, -0.2) is 59.4 Å². The van der Waals surface area contributed by atoms with Gasteiger partial charge in [-0.1, -0.05) is 0 Å². The normalized spacial score (nSPS) is 9.53. The van der Waals surface area contributed by atoms with Crippen molar-refractivity contribution in [3.8, 4) is 0 Å². The van der Waals surface area contributed by atoms with Gasteiger partial charge in [-0.2, -0.15) is 0 Å². The van der Waals surface area contributed by atoms with Crippen molar-refractivity contribution >= 4 is 17.8 Å². The minimum Gasteiger partial charge on any atom is -0.480 e. The van der Waals surface area contributed by atoms with Crippen LogP contribution in [-0.2, 0) is 14.4 Å². The lowest BCUT2D eigenvalue weighted by molar-refractivity contribution is -0.145. The van der Waals surface area contributed by atoms with Crippen LogP contribution in [0.5, 0.6) is 0 Å². The molecular formula is C9H16N2O4. The average molecular weight is 216 g/mol. The van der Waals surface area contributed by atoms with E-state index in [0.29, 0.717) is 6.54 Å². The standard InChI is InChI=1S/C9H16N2O4/c1-4-11(6-9(14)15)8(13)5-10(3)7(2)12/h4-6H2,1-3H3,(H,14,15). The molecule has 15 heavy (non-hydrogen) atoms. The molecule has 0 bridgehead atoms. The molecule has 1 N–H and O–H groups in total. The number of amides is 2. The van der Waals surface area contributed by atoms with E-state index in [2.05, 4.69) is 0 Å². The van der Waals surface area contributed by atoms with Gasteiger partial charge < -0.3 is 14.9 Å². The first-order valence-electron chi connectivity index (χ1n) is 4.59. The molecule has 0 spiro atoms. The van der Waals surface area contributed by atoms with Crippen LogP contribution in [0, 0.1) is 0 Å². The minimum absolute atomic E-state index is 0.0869. The van der Waals surface area contributed by atoms with E-state index in [-0.39, 0.29) is 24.9 Å². The van der Waals surface area contributed by atoms with Crippen molar-refractivity contribution in [2.45, 2.75) is 13.8 Å². The molecular weight excluding hydrogens is 200 g/mol. The number of carbonyl (C=O) groups excluding carboxylic acids is 2. The van der Waals surface area contributed by atoms with Crippen LogP contribution in [0.2, 0.25) is 0 Å². The summed E-state index contributed by atoms with van der Waals surface area (Å²) < 4.78 is 0. The lowest BCUT2D eigenvalue weighted by Gasteiger charge is -2.22. The Balaban J connectivity index is 4.27. The first-order valence-corrected chi connectivity index (χ1v) is 4.59. The van der Waals surface area contributed by atoms with Crippen LogP contribution in [0.25, 0.3) is 0 Å². The van der Waals surface area contributed by atoms with Crippen LogP contribution in [0.4, 0.5) is 0 Å². The van der Waals surface area contributed by atoms with Crippen LogP contribution in [0.3, 0.4) is 0 Å². The second-order valence-electron chi connectivity index (χ2n) is 3.18. The topological polar surface area (TPSA) is 77.9 Å². The zero-order valence-corrected chi connectivity index (χ0v) is 9.19. The summed E-state index contributed by atoms with van der Waals surface area (Å²) in [5, 5.41) is 8.53. The number of hydrogen-bond acceptors (Lipinski definition) is 3. The van der Waals surface area contributed by atoms with Gasteiger partial charge in [-0.05, 0) is 6.92 Å². The number of carbonyl (C=O) groups is 3. The van der Waals surface area contributed by atoms with Crippen LogP contribution in [0.15, 0.2) is 0 Å². The molecule has 0 aromatic rings. The molecule has 0 atom stereocenters. The van der Waals surface area contributed by atoms with Crippen molar-refractivity contribution in [1.82, 2.24) is 9.80 Å². The van der Waals surface area contributed by atoms with E-state index in [1.54, 1.807) is 6.92 Å². The Kier molecular flexibility index (Phi) is 5.36. The third-order valence-electron chi connectivity index (χ3n) is 1.97. The molecule has 6 heteroatoms. The van der Waals surface area contributed by atoms with Crippen LogP contribution in [0.1, 0.15) is 13.8 Å². The molecule has 0 aliphatic carbocycles. The summed E-state index contributed by atoms with van der Waals surface area (Å²) in [4.78, 5) is 35.2. The monoisotopic (exact) mass is 216 g/mol. The first-order chi connectivity index (χ1) is 6.88. The number of likely N-dealkylation sites (N-methyl/N-ethyl adjacent to an activating group) is 2. The van der Waals surface area contributed by atoms with Crippen molar-refractivity contribution < 1.29 is 19.5 Å². The fraction of sp³-hybridized carbons (Fsp3) is 0.667. The Hall–Kier alpha value is -1.59. The summed E-state index contributed by atoms with van der Waals surface area (Å²) >= 11 is 0. The van der Waals surface area contributed by atoms with Gasteiger partial charge in [-0.25, -0.2) is 0 Å². The second-order valence-corrected chi connectivity index (χ2v) is 3.18. The lowest BCUT2D eigenvalue weighted by Crippen LogP contribution is -2.42. The second kappa shape index (κ2) is 6.00. The van der Waals surface area contributed by atoms with Crippen molar-refractivity contribution in [2.75, 3.05) is 26.7 Å². The molecule has 0 aromatic carbocycles. The number of carboxylic acid groups (broad SMARTS) is 1. The lowest BCUT2D eigenvalue weighted by atomic mass is 10.4. The Labute approximate surface area is 88.5 Å². The van der Waals surface area contributed by atoms with Gasteiger partial charge in [0.15, 0.2) is 0 Å². The van der Waals surface area contributed by atoms with E-state index >= 15 is 0 Å². The maximum Gasteiger partial charge on any atom is 0.323 e. The third-order valence-corrected chi connectivity index (χ3v) is 1.97. The molecule has 0 radical (unpaired) electrons. The highest BCUT2D eigenvalue weighted by Crippen LogP contribution is 1.93. The van der Waals surface area contributed by atoms with Crippen molar-refractivity contribution in [3.63, 3.8) is 0 Å². The highest BCUT2D eigenvalue weighted by molar-refractivity contribution is 5.86. The number of aliphatic carboxylic acids is 1. The zero-order chi connectivity index (χ0) is 12.0. The van der Waals surface area contributed by atoms with Gasteiger partial charge in [0.25, 0.3) is 0 Å². The quantitative estimate of drug-likeness (QED) is 0.665. The summed E-state index contributed by atoms with van der Waals surface area (Å²) in [5.74, 6) is -1.65. The Morgan fingerprint density at radius 3 is 2.07 bits per heavy atom. The maximum atomic E-state index is 11.5. The maximum absolute atomic E-state index is 11.5. The smallest absolute Gasteiger partial charge is 0.323 e. The van der Waals surface area contributed by atoms with E-state index in [4.69, 9.17) is 5.11 Å². The first kappa shape index (κ1) is 13.4. The van der Waals surface area contributed by atoms with Gasteiger partial charge in [0.05, 0.1) is 6.54 Å². The molecule has 0 aromatic heterocycles. The van der Waals surface area contributed by atoms with Crippen molar-refractivity contribution in [2.24, 2.45) is 0 Å². The number of nitrogens with zero attached hydrogens (tertiary/aromatic N) is 2. The fourth-order valence-corrected chi connectivity index (χ4v) is 0.954. The van der Waals surface area contributed by atoms with Crippen molar-refractivity contribution in [3.05, 3.63) is 0 Å². The van der Waals surface area contributed by atoms with Gasteiger partial charge in [0, 0.05) is 20.5 Å². The van der Waals surface area contributed by atoms with E-state index < -0.39 is 5.97 Å². The fourth-order valence-electron chi connectivity index (χ4n) is 0.954. The van der Waals surface area contributed by atoms with Crippen LogP contribution < -0.4 is 0 Å². The number of carboxylic acids is 1. The highest BCUT2D eigenvalue weighted by atomic mass is 16.4. The predicted molar refractivity (Wildman–Crippen MR) is 53.2 cm³/mol. The average Bonchev–Trinajstić information content (AvgIpc) is 2.13. The Morgan fingerprint density at radius 1 is 1.20 bits per heavy atom. The minimum atomic E-state index is -1.06. The number of rotatable bonds is 5. The van der Waals surface area contributed by atoms with Gasteiger partial charge in [-0.3, -0.25) is 14.4 Å². The number of hydrogen-bond donors (Lipinski definition) is 1. The molecule has 0 unspecified atom stereocenters. The molecule has 86 valence electrons. The Bertz CT molecular complexity index is 265. The summed E-state index contributed by atoms with van der Waals surface area (Å²) in [6.07, 6.45) is 0. The van der Waals surface area contributed by atoms with Gasteiger partial charge >= 0.3 is 5.97 Å². The van der Waals surface area contributed by atoms with Crippen molar-refractivity contribution in [1.29, 1.82) is 0 Å². The largest absolute Gasteiger partial charge is 0.480 e. The van der Waals surface area contributed by atoms with E-state index in [9.17, 15) is 14.4 Å². The molecule has 0 fully saturated rings. The van der Waals surface area contributed by atoms with Gasteiger partial charge in [0.2, 0.25) is 11.8 Å². The molecule has 0 aliphatic rings. The Morgan fingerprint density at radius 2 is 1.73 bits per heavy atom. The summed E-state index contributed by atoms with van der Waals surface area (Å²) in [7, 11) is 1.49. The third kappa shape index (κ3) is 4.99. The van der Waals surface area contributed by atoms with Gasteiger partial charge in [-0.15, -0.1) is 0 Å². The molecule has 0 rings (SSSR count). The summed E-state index contributed by atoms with van der Waals surface area (Å²) in [6.45, 7) is 2.93. The van der Waals surface area contributed by atoms with Crippen LogP contribution >= 0.6 is 0 Å².